The van der Waals surface area contributed by atoms with Crippen LogP contribution >= 0.6 is 0 Å². The number of carboxylic acid groups (broad SMARTS) is 2. The summed E-state index contributed by atoms with van der Waals surface area (Å²) in [4.78, 5) is 33.6. The molecule has 0 atom stereocenters. The number of rotatable bonds is 7. The first-order chi connectivity index (χ1) is 12.9. The maximum atomic E-state index is 12.0. The Hall–Kier alpha value is -3.81. The second kappa shape index (κ2) is 7.61. The predicted molar refractivity (Wildman–Crippen MR) is 94.2 cm³/mol. The lowest BCUT2D eigenvalue weighted by Gasteiger charge is -2.13. The van der Waals surface area contributed by atoms with Gasteiger partial charge in [-0.3, -0.25) is 0 Å². The molecule has 0 aliphatic carbocycles. The molecule has 8 heteroatoms. The number of carbonyl (C=O) groups is 2. The van der Waals surface area contributed by atoms with Crippen LogP contribution < -0.4 is 15.1 Å². The Kier molecular flexibility index (Phi) is 5.07. The molecule has 0 aliphatic heterocycles. The molecule has 138 valence electrons. The summed E-state index contributed by atoms with van der Waals surface area (Å²) in [6.07, 6.45) is 0. The summed E-state index contributed by atoms with van der Waals surface area (Å²) in [5, 5.41) is 18.1. The smallest absolute Gasteiger partial charge is 0.341 e. The lowest BCUT2D eigenvalue weighted by atomic mass is 10.0. The standard InChI is InChI=1S/C19H14O8/c20-16(21)9-25-12-6-14(26-10-17(22)23)19-13(11-4-2-1-3-5-11)8-18(24)27-15(19)7-12/h1-8H,9-10H2,(H,20,21)(H,22,23). The third-order valence-corrected chi connectivity index (χ3v) is 3.58. The molecule has 0 amide bonds. The molecule has 0 fully saturated rings. The van der Waals surface area contributed by atoms with Crippen LogP contribution in [0.5, 0.6) is 11.5 Å². The lowest BCUT2D eigenvalue weighted by Crippen LogP contribution is -2.12. The molecular weight excluding hydrogens is 356 g/mol. The average Bonchev–Trinajstić information content (AvgIpc) is 2.64. The molecule has 0 bridgehead atoms. The Bertz CT molecular complexity index is 1050. The molecule has 0 saturated carbocycles. The molecule has 1 heterocycles. The van der Waals surface area contributed by atoms with Gasteiger partial charge >= 0.3 is 17.6 Å². The largest absolute Gasteiger partial charge is 0.482 e. The fourth-order valence-electron chi connectivity index (χ4n) is 2.57. The van der Waals surface area contributed by atoms with E-state index < -0.39 is 30.8 Å². The number of carboxylic acids is 2. The molecule has 1 aromatic heterocycles. The summed E-state index contributed by atoms with van der Waals surface area (Å²) in [5.74, 6) is -2.22. The minimum atomic E-state index is -1.20. The van der Waals surface area contributed by atoms with E-state index in [0.717, 1.165) is 0 Å². The van der Waals surface area contributed by atoms with Gasteiger partial charge in [-0.05, 0) is 5.56 Å². The Morgan fingerprint density at radius 2 is 1.59 bits per heavy atom. The predicted octanol–water partition coefficient (Wildman–Crippen LogP) is 2.39. The number of aliphatic carboxylic acids is 2. The Morgan fingerprint density at radius 3 is 2.26 bits per heavy atom. The van der Waals surface area contributed by atoms with E-state index in [0.29, 0.717) is 16.5 Å². The first-order valence-corrected chi connectivity index (χ1v) is 7.80. The molecule has 8 nitrogen and oxygen atoms in total. The summed E-state index contributed by atoms with van der Waals surface area (Å²) in [6, 6.07) is 13.0. The maximum absolute atomic E-state index is 12.0. The van der Waals surface area contributed by atoms with Crippen LogP contribution in [0.1, 0.15) is 0 Å². The van der Waals surface area contributed by atoms with E-state index in [1.807, 2.05) is 6.07 Å². The van der Waals surface area contributed by atoms with Crippen molar-refractivity contribution in [2.24, 2.45) is 0 Å². The highest BCUT2D eigenvalue weighted by Crippen LogP contribution is 2.37. The number of fused-ring (bicyclic) bond motifs is 1. The van der Waals surface area contributed by atoms with Gasteiger partial charge in [-0.1, -0.05) is 30.3 Å². The van der Waals surface area contributed by atoms with Crippen LogP contribution in [-0.4, -0.2) is 35.4 Å². The number of hydrogen-bond acceptors (Lipinski definition) is 6. The van der Waals surface area contributed by atoms with Gasteiger partial charge < -0.3 is 24.1 Å². The highest BCUT2D eigenvalue weighted by Gasteiger charge is 2.17. The van der Waals surface area contributed by atoms with Crippen LogP contribution in [0.25, 0.3) is 22.1 Å². The van der Waals surface area contributed by atoms with Crippen LogP contribution in [0.4, 0.5) is 0 Å². The molecule has 0 saturated heterocycles. The topological polar surface area (TPSA) is 123 Å². The third kappa shape index (κ3) is 4.24. The summed E-state index contributed by atoms with van der Waals surface area (Å²) >= 11 is 0. The van der Waals surface area contributed by atoms with Gasteiger partial charge in [0.25, 0.3) is 0 Å². The number of ether oxygens (including phenoxy) is 2. The van der Waals surface area contributed by atoms with Crippen LogP contribution in [0, 0.1) is 0 Å². The summed E-state index contributed by atoms with van der Waals surface area (Å²) < 4.78 is 15.7. The second-order valence-corrected chi connectivity index (χ2v) is 5.50. The molecule has 0 unspecified atom stereocenters. The molecular formula is C19H14O8. The SMILES string of the molecule is O=C(O)COc1cc(OCC(=O)O)c2c(-c3ccccc3)cc(=O)oc2c1. The molecule has 3 rings (SSSR count). The van der Waals surface area contributed by atoms with Crippen molar-refractivity contribution >= 4 is 22.9 Å². The van der Waals surface area contributed by atoms with Gasteiger partial charge in [0.2, 0.25) is 0 Å². The van der Waals surface area contributed by atoms with E-state index in [2.05, 4.69) is 0 Å². The maximum Gasteiger partial charge on any atom is 0.341 e. The van der Waals surface area contributed by atoms with E-state index in [4.69, 9.17) is 24.1 Å². The van der Waals surface area contributed by atoms with Crippen molar-refractivity contribution in [3.05, 3.63) is 59.0 Å². The van der Waals surface area contributed by atoms with Crippen molar-refractivity contribution in [1.82, 2.24) is 0 Å². The molecule has 0 spiro atoms. The van der Waals surface area contributed by atoms with Crippen molar-refractivity contribution in [3.63, 3.8) is 0 Å². The molecule has 2 N–H and O–H groups in total. The number of hydrogen-bond donors (Lipinski definition) is 2. The van der Waals surface area contributed by atoms with Gasteiger partial charge in [-0.2, -0.15) is 0 Å². The van der Waals surface area contributed by atoms with E-state index in [1.165, 1.54) is 18.2 Å². The highest BCUT2D eigenvalue weighted by molar-refractivity contribution is 5.98. The van der Waals surface area contributed by atoms with Gasteiger partial charge in [0.05, 0.1) is 5.39 Å². The highest BCUT2D eigenvalue weighted by atomic mass is 16.5. The zero-order valence-electron chi connectivity index (χ0n) is 13.9. The van der Waals surface area contributed by atoms with Gasteiger partial charge in [-0.15, -0.1) is 0 Å². The van der Waals surface area contributed by atoms with Gasteiger partial charge in [0.15, 0.2) is 13.2 Å². The minimum Gasteiger partial charge on any atom is -0.482 e. The fraction of sp³-hybridized carbons (Fsp3) is 0.105. The van der Waals surface area contributed by atoms with Crippen molar-refractivity contribution < 1.29 is 33.7 Å². The minimum absolute atomic E-state index is 0.0682. The Labute approximate surface area is 152 Å². The first kappa shape index (κ1) is 18.0. The van der Waals surface area contributed by atoms with Crippen LogP contribution in [0.2, 0.25) is 0 Å². The zero-order valence-corrected chi connectivity index (χ0v) is 13.9. The van der Waals surface area contributed by atoms with Crippen molar-refractivity contribution in [1.29, 1.82) is 0 Å². The van der Waals surface area contributed by atoms with Gasteiger partial charge in [-0.25, -0.2) is 14.4 Å². The van der Waals surface area contributed by atoms with E-state index in [9.17, 15) is 14.4 Å². The average molecular weight is 370 g/mol. The quantitative estimate of drug-likeness (QED) is 0.608. The van der Waals surface area contributed by atoms with Gasteiger partial charge in [0, 0.05) is 23.8 Å². The molecule has 3 aromatic rings. The van der Waals surface area contributed by atoms with Crippen LogP contribution in [0.3, 0.4) is 0 Å². The lowest BCUT2D eigenvalue weighted by molar-refractivity contribution is -0.140. The molecule has 2 aromatic carbocycles. The zero-order chi connectivity index (χ0) is 19.4. The molecule has 0 radical (unpaired) electrons. The third-order valence-electron chi connectivity index (χ3n) is 3.58. The summed E-state index contributed by atoms with van der Waals surface area (Å²) in [7, 11) is 0. The molecule has 27 heavy (non-hydrogen) atoms. The van der Waals surface area contributed by atoms with Gasteiger partial charge in [0.1, 0.15) is 17.1 Å². The first-order valence-electron chi connectivity index (χ1n) is 7.80. The summed E-state index contributed by atoms with van der Waals surface area (Å²) in [5.41, 5.74) is 0.660. The number of benzene rings is 2. The fourth-order valence-corrected chi connectivity index (χ4v) is 2.57. The van der Waals surface area contributed by atoms with E-state index >= 15 is 0 Å². The van der Waals surface area contributed by atoms with Crippen molar-refractivity contribution in [2.45, 2.75) is 0 Å². The molecule has 0 aliphatic rings. The summed E-state index contributed by atoms with van der Waals surface area (Å²) in [6.45, 7) is -1.25. The Balaban J connectivity index is 2.22. The Morgan fingerprint density at radius 1 is 0.926 bits per heavy atom. The van der Waals surface area contributed by atoms with Crippen molar-refractivity contribution in [2.75, 3.05) is 13.2 Å². The monoisotopic (exact) mass is 370 g/mol. The van der Waals surface area contributed by atoms with Crippen LogP contribution in [-0.2, 0) is 9.59 Å². The second-order valence-electron chi connectivity index (χ2n) is 5.50. The van der Waals surface area contributed by atoms with E-state index in [1.54, 1.807) is 24.3 Å². The normalized spacial score (nSPS) is 10.5. The van der Waals surface area contributed by atoms with Crippen LogP contribution in [0.15, 0.2) is 57.7 Å². The van der Waals surface area contributed by atoms with Crippen molar-refractivity contribution in [3.8, 4) is 22.6 Å². The van der Waals surface area contributed by atoms with E-state index in [-0.39, 0.29) is 17.1 Å².